The molecule has 0 amide bonds. The van der Waals surface area contributed by atoms with Gasteiger partial charge in [-0.25, -0.2) is 4.79 Å². The molecule has 2 aromatic rings. The van der Waals surface area contributed by atoms with Crippen molar-refractivity contribution < 1.29 is 9.90 Å². The zero-order chi connectivity index (χ0) is 12.4. The quantitative estimate of drug-likeness (QED) is 0.848. The van der Waals surface area contributed by atoms with E-state index in [1.165, 1.54) is 11.1 Å². The van der Waals surface area contributed by atoms with Crippen LogP contribution in [0.15, 0.2) is 42.5 Å². The number of rotatable bonds is 2. The normalized spacial score (nSPS) is 10.2. The third-order valence-corrected chi connectivity index (χ3v) is 2.69. The van der Waals surface area contributed by atoms with Crippen molar-refractivity contribution in [2.45, 2.75) is 13.8 Å². The first-order chi connectivity index (χ1) is 8.06. The number of hydrogen-bond acceptors (Lipinski definition) is 1. The van der Waals surface area contributed by atoms with E-state index in [2.05, 4.69) is 32.0 Å². The molecule has 0 aliphatic rings. The van der Waals surface area contributed by atoms with Crippen molar-refractivity contribution in [1.29, 1.82) is 0 Å². The molecule has 17 heavy (non-hydrogen) atoms. The van der Waals surface area contributed by atoms with E-state index in [4.69, 9.17) is 5.11 Å². The van der Waals surface area contributed by atoms with Gasteiger partial charge in [0.05, 0.1) is 5.56 Å². The Morgan fingerprint density at radius 3 is 1.88 bits per heavy atom. The van der Waals surface area contributed by atoms with Crippen LogP contribution < -0.4 is 0 Å². The van der Waals surface area contributed by atoms with Gasteiger partial charge in [0.1, 0.15) is 0 Å². The summed E-state index contributed by atoms with van der Waals surface area (Å²) in [6.07, 6.45) is 0. The van der Waals surface area contributed by atoms with E-state index >= 15 is 0 Å². The smallest absolute Gasteiger partial charge is 0.335 e. The number of benzene rings is 2. The predicted octanol–water partition coefficient (Wildman–Crippen LogP) is 3.67. The average molecular weight is 226 g/mol. The summed E-state index contributed by atoms with van der Waals surface area (Å²) in [5.74, 6) is -0.892. The molecule has 86 valence electrons. The van der Waals surface area contributed by atoms with E-state index < -0.39 is 5.97 Å². The van der Waals surface area contributed by atoms with Crippen LogP contribution in [-0.4, -0.2) is 11.1 Å². The highest BCUT2D eigenvalue weighted by Gasteiger charge is 2.03. The van der Waals surface area contributed by atoms with Crippen molar-refractivity contribution in [3.63, 3.8) is 0 Å². The van der Waals surface area contributed by atoms with Crippen LogP contribution in [0.5, 0.6) is 0 Å². The summed E-state index contributed by atoms with van der Waals surface area (Å²) in [6, 6.07) is 13.3. The van der Waals surface area contributed by atoms with E-state index in [9.17, 15) is 4.79 Å². The fourth-order valence-electron chi connectivity index (χ4n) is 1.95. The molecule has 0 aliphatic heterocycles. The van der Waals surface area contributed by atoms with Gasteiger partial charge in [0, 0.05) is 0 Å². The van der Waals surface area contributed by atoms with Crippen molar-refractivity contribution in [2.24, 2.45) is 0 Å². The van der Waals surface area contributed by atoms with Crippen LogP contribution in [0.1, 0.15) is 21.5 Å². The van der Waals surface area contributed by atoms with Crippen molar-refractivity contribution in [3.8, 4) is 11.1 Å². The Hall–Kier alpha value is -2.09. The zero-order valence-corrected chi connectivity index (χ0v) is 9.90. The highest BCUT2D eigenvalue weighted by Crippen LogP contribution is 2.22. The molecule has 0 bridgehead atoms. The Morgan fingerprint density at radius 2 is 1.41 bits per heavy atom. The topological polar surface area (TPSA) is 37.3 Å². The summed E-state index contributed by atoms with van der Waals surface area (Å²) in [4.78, 5) is 10.8. The lowest BCUT2D eigenvalue weighted by Gasteiger charge is -2.05. The fraction of sp³-hybridized carbons (Fsp3) is 0.133. The molecule has 0 fully saturated rings. The molecule has 0 atom stereocenters. The van der Waals surface area contributed by atoms with Crippen molar-refractivity contribution >= 4 is 5.97 Å². The summed E-state index contributed by atoms with van der Waals surface area (Å²) < 4.78 is 0. The van der Waals surface area contributed by atoms with Gasteiger partial charge in [0.25, 0.3) is 0 Å². The Morgan fingerprint density at radius 1 is 0.882 bits per heavy atom. The number of aromatic carboxylic acids is 1. The molecular formula is C15H14O2. The molecule has 0 saturated carbocycles. The van der Waals surface area contributed by atoms with E-state index in [0.29, 0.717) is 5.56 Å². The zero-order valence-electron chi connectivity index (χ0n) is 9.90. The van der Waals surface area contributed by atoms with Crippen LogP contribution >= 0.6 is 0 Å². The van der Waals surface area contributed by atoms with Crippen LogP contribution in [0.4, 0.5) is 0 Å². The second-order valence-electron chi connectivity index (χ2n) is 4.26. The maximum Gasteiger partial charge on any atom is 0.335 e. The molecule has 2 heteroatoms. The average Bonchev–Trinajstić information content (AvgIpc) is 2.28. The van der Waals surface area contributed by atoms with Gasteiger partial charge in [-0.3, -0.25) is 0 Å². The molecule has 0 radical (unpaired) electrons. The van der Waals surface area contributed by atoms with Gasteiger partial charge >= 0.3 is 5.97 Å². The first kappa shape index (κ1) is 11.4. The number of carboxylic acid groups (broad SMARTS) is 1. The lowest BCUT2D eigenvalue weighted by molar-refractivity contribution is 0.0697. The molecule has 0 heterocycles. The number of carboxylic acids is 1. The van der Waals surface area contributed by atoms with Gasteiger partial charge in [-0.1, -0.05) is 41.5 Å². The lowest BCUT2D eigenvalue weighted by Crippen LogP contribution is -1.95. The van der Waals surface area contributed by atoms with Gasteiger partial charge in [0.2, 0.25) is 0 Å². The van der Waals surface area contributed by atoms with Gasteiger partial charge in [0.15, 0.2) is 0 Å². The monoisotopic (exact) mass is 226 g/mol. The van der Waals surface area contributed by atoms with Crippen LogP contribution in [0.25, 0.3) is 11.1 Å². The van der Waals surface area contributed by atoms with Crippen LogP contribution in [0.3, 0.4) is 0 Å². The maximum atomic E-state index is 10.8. The molecule has 2 rings (SSSR count). The largest absolute Gasteiger partial charge is 0.478 e. The molecule has 0 aromatic heterocycles. The third-order valence-electron chi connectivity index (χ3n) is 2.69. The summed E-state index contributed by atoms with van der Waals surface area (Å²) in [5, 5.41) is 8.83. The standard InChI is InChI=1S/C15H14O2/c1-10-7-11(2)9-14(8-10)12-3-5-13(6-4-12)15(16)17/h3-9H,1-2H3,(H,16,17). The molecule has 0 saturated heterocycles. The van der Waals surface area contributed by atoms with Gasteiger partial charge in [-0.05, 0) is 37.1 Å². The highest BCUT2D eigenvalue weighted by atomic mass is 16.4. The second-order valence-corrected chi connectivity index (χ2v) is 4.26. The summed E-state index contributed by atoms with van der Waals surface area (Å²) >= 11 is 0. The minimum absolute atomic E-state index is 0.318. The predicted molar refractivity (Wildman–Crippen MR) is 68.3 cm³/mol. The van der Waals surface area contributed by atoms with Crippen molar-refractivity contribution in [2.75, 3.05) is 0 Å². The number of carbonyl (C=O) groups is 1. The van der Waals surface area contributed by atoms with E-state index in [1.807, 2.05) is 12.1 Å². The minimum Gasteiger partial charge on any atom is -0.478 e. The van der Waals surface area contributed by atoms with Gasteiger partial charge < -0.3 is 5.11 Å². The van der Waals surface area contributed by atoms with Crippen molar-refractivity contribution in [3.05, 3.63) is 59.2 Å². The molecule has 0 unspecified atom stereocenters. The second kappa shape index (κ2) is 4.42. The summed E-state index contributed by atoms with van der Waals surface area (Å²) in [7, 11) is 0. The molecule has 2 aromatic carbocycles. The molecule has 1 N–H and O–H groups in total. The summed E-state index contributed by atoms with van der Waals surface area (Å²) in [5.41, 5.74) is 4.91. The molecule has 0 spiro atoms. The molecule has 0 aliphatic carbocycles. The van der Waals surface area contributed by atoms with Crippen LogP contribution in [0, 0.1) is 13.8 Å². The SMILES string of the molecule is Cc1cc(C)cc(-c2ccc(C(=O)O)cc2)c1. The first-order valence-electron chi connectivity index (χ1n) is 5.48. The molecule has 2 nitrogen and oxygen atoms in total. The first-order valence-corrected chi connectivity index (χ1v) is 5.48. The number of hydrogen-bond donors (Lipinski definition) is 1. The fourth-order valence-corrected chi connectivity index (χ4v) is 1.95. The van der Waals surface area contributed by atoms with Crippen LogP contribution in [-0.2, 0) is 0 Å². The Bertz CT molecular complexity index is 533. The van der Waals surface area contributed by atoms with Gasteiger partial charge in [-0.15, -0.1) is 0 Å². The number of aryl methyl sites for hydroxylation is 2. The summed E-state index contributed by atoms with van der Waals surface area (Å²) in [6.45, 7) is 4.12. The Balaban J connectivity index is 2.43. The van der Waals surface area contributed by atoms with E-state index in [0.717, 1.165) is 11.1 Å². The highest BCUT2D eigenvalue weighted by molar-refractivity contribution is 5.88. The minimum atomic E-state index is -0.892. The maximum absolute atomic E-state index is 10.8. The van der Waals surface area contributed by atoms with Gasteiger partial charge in [-0.2, -0.15) is 0 Å². The Labute approximate surface area is 101 Å². The van der Waals surface area contributed by atoms with Crippen LogP contribution in [0.2, 0.25) is 0 Å². The lowest BCUT2D eigenvalue weighted by atomic mass is 10.00. The van der Waals surface area contributed by atoms with E-state index in [1.54, 1.807) is 12.1 Å². The third kappa shape index (κ3) is 2.53. The van der Waals surface area contributed by atoms with E-state index in [-0.39, 0.29) is 0 Å². The Kier molecular flexibility index (Phi) is 2.96. The van der Waals surface area contributed by atoms with Crippen molar-refractivity contribution in [1.82, 2.24) is 0 Å². The molecular weight excluding hydrogens is 212 g/mol.